The average Bonchev–Trinajstić information content (AvgIpc) is 3.10. The summed E-state index contributed by atoms with van der Waals surface area (Å²) in [6, 6.07) is 16.7. The van der Waals surface area contributed by atoms with Crippen molar-refractivity contribution in [2.24, 2.45) is 0 Å². The van der Waals surface area contributed by atoms with Gasteiger partial charge in [-0.3, -0.25) is 14.5 Å². The second-order valence-corrected chi connectivity index (χ2v) is 8.71. The van der Waals surface area contributed by atoms with E-state index in [1.807, 2.05) is 39.0 Å². The molecule has 1 fully saturated rings. The van der Waals surface area contributed by atoms with Gasteiger partial charge in [-0.05, 0) is 68.3 Å². The molecule has 1 saturated heterocycles. The zero-order valence-corrected chi connectivity index (χ0v) is 20.7. The molecule has 35 heavy (non-hydrogen) atoms. The van der Waals surface area contributed by atoms with Crippen molar-refractivity contribution in [1.29, 1.82) is 0 Å². The average molecular weight is 492 g/mol. The lowest BCUT2D eigenvalue weighted by Crippen LogP contribution is -2.30. The first-order valence-electron chi connectivity index (χ1n) is 11.2. The molecule has 0 saturated carbocycles. The summed E-state index contributed by atoms with van der Waals surface area (Å²) < 4.78 is 10.8. The molecule has 1 atom stereocenters. The van der Waals surface area contributed by atoms with Crippen LogP contribution in [0.5, 0.6) is 11.5 Å². The fraction of sp³-hybridized carbons (Fsp3) is 0.214. The highest BCUT2D eigenvalue weighted by Crippen LogP contribution is 2.44. The van der Waals surface area contributed by atoms with Gasteiger partial charge < -0.3 is 14.6 Å². The number of hydrogen-bond donors (Lipinski definition) is 1. The number of ether oxygens (including phenoxy) is 2. The molecule has 7 heteroatoms. The van der Waals surface area contributed by atoms with Crippen molar-refractivity contribution in [3.8, 4) is 11.5 Å². The first-order valence-corrected chi connectivity index (χ1v) is 11.6. The normalized spacial score (nSPS) is 17.1. The SMILES string of the molecule is CCOc1ccc(Cl)c(/C(O)=C2\C(=O)C(=O)N(c3ccc(C)cc3C)C2c2ccc(OC)cc2)c1. The van der Waals surface area contributed by atoms with Crippen LogP contribution in [0.25, 0.3) is 5.76 Å². The maximum Gasteiger partial charge on any atom is 0.300 e. The van der Waals surface area contributed by atoms with Gasteiger partial charge in [0.1, 0.15) is 17.3 Å². The summed E-state index contributed by atoms with van der Waals surface area (Å²) in [4.78, 5) is 28.2. The topological polar surface area (TPSA) is 76.1 Å². The van der Waals surface area contributed by atoms with E-state index in [0.717, 1.165) is 11.1 Å². The lowest BCUT2D eigenvalue weighted by molar-refractivity contribution is -0.132. The zero-order chi connectivity index (χ0) is 25.3. The van der Waals surface area contributed by atoms with Gasteiger partial charge in [-0.25, -0.2) is 0 Å². The molecule has 6 nitrogen and oxygen atoms in total. The number of rotatable bonds is 6. The molecule has 0 spiro atoms. The highest BCUT2D eigenvalue weighted by atomic mass is 35.5. The quantitative estimate of drug-likeness (QED) is 0.260. The van der Waals surface area contributed by atoms with Crippen molar-refractivity contribution >= 4 is 34.7 Å². The Morgan fingerprint density at radius 1 is 1.00 bits per heavy atom. The lowest BCUT2D eigenvalue weighted by atomic mass is 9.94. The molecule has 1 aliphatic heterocycles. The van der Waals surface area contributed by atoms with E-state index in [-0.39, 0.29) is 21.9 Å². The van der Waals surface area contributed by atoms with Crippen molar-refractivity contribution in [3.63, 3.8) is 0 Å². The van der Waals surface area contributed by atoms with Crippen LogP contribution < -0.4 is 14.4 Å². The van der Waals surface area contributed by atoms with Gasteiger partial charge in [-0.1, -0.05) is 41.4 Å². The van der Waals surface area contributed by atoms with Gasteiger partial charge in [-0.15, -0.1) is 0 Å². The van der Waals surface area contributed by atoms with E-state index in [4.69, 9.17) is 21.1 Å². The van der Waals surface area contributed by atoms with Gasteiger partial charge in [-0.2, -0.15) is 0 Å². The zero-order valence-electron chi connectivity index (χ0n) is 20.0. The predicted molar refractivity (Wildman–Crippen MR) is 136 cm³/mol. The summed E-state index contributed by atoms with van der Waals surface area (Å²) in [5.74, 6) is -0.756. The van der Waals surface area contributed by atoms with Crippen LogP contribution in [0.3, 0.4) is 0 Å². The number of aliphatic hydroxyl groups excluding tert-OH is 1. The molecule has 1 amide bonds. The molecule has 3 aromatic rings. The van der Waals surface area contributed by atoms with Gasteiger partial charge >= 0.3 is 0 Å². The highest BCUT2D eigenvalue weighted by Gasteiger charge is 2.47. The number of hydrogen-bond acceptors (Lipinski definition) is 5. The molecular formula is C28H26ClNO5. The minimum Gasteiger partial charge on any atom is -0.507 e. The van der Waals surface area contributed by atoms with Crippen LogP contribution in [0, 0.1) is 13.8 Å². The number of Topliss-reactive ketones (excluding diaryl/α,β-unsaturated/α-hetero) is 1. The Labute approximate surface area is 209 Å². The van der Waals surface area contributed by atoms with Crippen molar-refractivity contribution < 1.29 is 24.2 Å². The first kappa shape index (κ1) is 24.4. The van der Waals surface area contributed by atoms with Gasteiger partial charge in [0.2, 0.25) is 0 Å². The summed E-state index contributed by atoms with van der Waals surface area (Å²) in [6.07, 6.45) is 0. The molecule has 0 radical (unpaired) electrons. The molecular weight excluding hydrogens is 466 g/mol. The largest absolute Gasteiger partial charge is 0.507 e. The van der Waals surface area contributed by atoms with Crippen LogP contribution in [-0.4, -0.2) is 30.5 Å². The van der Waals surface area contributed by atoms with Crippen LogP contribution in [0.1, 0.15) is 35.2 Å². The molecule has 4 rings (SSSR count). The minimum atomic E-state index is -0.867. The van der Waals surface area contributed by atoms with E-state index >= 15 is 0 Å². The Kier molecular flexibility index (Phi) is 6.85. The van der Waals surface area contributed by atoms with Crippen molar-refractivity contribution in [1.82, 2.24) is 0 Å². The Balaban J connectivity index is 1.97. The molecule has 0 bridgehead atoms. The van der Waals surface area contributed by atoms with E-state index in [1.165, 1.54) is 4.90 Å². The number of aryl methyl sites for hydroxylation is 2. The molecule has 1 unspecified atom stereocenters. The van der Waals surface area contributed by atoms with Crippen molar-refractivity contribution in [2.75, 3.05) is 18.6 Å². The number of aliphatic hydroxyl groups is 1. The van der Waals surface area contributed by atoms with E-state index < -0.39 is 17.7 Å². The molecule has 1 N–H and O–H groups in total. The second-order valence-electron chi connectivity index (χ2n) is 8.31. The Morgan fingerprint density at radius 3 is 2.31 bits per heavy atom. The number of ketones is 1. The number of nitrogens with zero attached hydrogens (tertiary/aromatic N) is 1. The number of carbonyl (C=O) groups excluding carboxylic acids is 2. The molecule has 0 aromatic heterocycles. The van der Waals surface area contributed by atoms with Crippen LogP contribution in [0.15, 0.2) is 66.2 Å². The minimum absolute atomic E-state index is 0.0457. The molecule has 180 valence electrons. The number of anilines is 1. The Morgan fingerprint density at radius 2 is 1.69 bits per heavy atom. The lowest BCUT2D eigenvalue weighted by Gasteiger charge is -2.27. The number of halogens is 1. The predicted octanol–water partition coefficient (Wildman–Crippen LogP) is 5.99. The summed E-state index contributed by atoms with van der Waals surface area (Å²) in [5.41, 5.74) is 3.27. The van der Waals surface area contributed by atoms with Crippen LogP contribution >= 0.6 is 11.6 Å². The first-order chi connectivity index (χ1) is 16.8. The fourth-order valence-electron chi connectivity index (χ4n) is 4.35. The number of carbonyl (C=O) groups is 2. The van der Waals surface area contributed by atoms with E-state index in [2.05, 4.69) is 0 Å². The number of methoxy groups -OCH3 is 1. The van der Waals surface area contributed by atoms with E-state index in [0.29, 0.717) is 29.4 Å². The summed E-state index contributed by atoms with van der Waals surface area (Å²) in [5, 5.41) is 11.6. The van der Waals surface area contributed by atoms with Crippen molar-refractivity contribution in [2.45, 2.75) is 26.8 Å². The molecule has 1 heterocycles. The molecule has 3 aromatic carbocycles. The molecule has 1 aliphatic rings. The smallest absolute Gasteiger partial charge is 0.300 e. The van der Waals surface area contributed by atoms with E-state index in [1.54, 1.807) is 49.6 Å². The third-order valence-electron chi connectivity index (χ3n) is 5.99. The number of amides is 1. The van der Waals surface area contributed by atoms with Gasteiger partial charge in [0.15, 0.2) is 0 Å². The summed E-state index contributed by atoms with van der Waals surface area (Å²) in [6.45, 7) is 6.10. The monoisotopic (exact) mass is 491 g/mol. The highest BCUT2D eigenvalue weighted by molar-refractivity contribution is 6.52. The Hall–Kier alpha value is -3.77. The molecule has 0 aliphatic carbocycles. The van der Waals surface area contributed by atoms with Crippen molar-refractivity contribution in [3.05, 3.63) is 93.5 Å². The van der Waals surface area contributed by atoms with Gasteiger partial charge in [0, 0.05) is 11.3 Å². The Bertz CT molecular complexity index is 1330. The standard InChI is InChI=1S/C28H26ClNO5/c1-5-35-20-11-12-22(29)21(15-20)26(31)24-25(18-7-9-19(34-4)10-8-18)30(28(33)27(24)32)23-13-6-16(2)14-17(23)3/h6-15,25,31H,5H2,1-4H3/b26-24+. The van der Waals surface area contributed by atoms with E-state index in [9.17, 15) is 14.7 Å². The maximum absolute atomic E-state index is 13.4. The number of benzene rings is 3. The fourth-order valence-corrected chi connectivity index (χ4v) is 4.55. The van der Waals surface area contributed by atoms with Gasteiger partial charge in [0.25, 0.3) is 11.7 Å². The van der Waals surface area contributed by atoms with Crippen LogP contribution in [0.2, 0.25) is 5.02 Å². The van der Waals surface area contributed by atoms with Gasteiger partial charge in [0.05, 0.1) is 30.4 Å². The third-order valence-corrected chi connectivity index (χ3v) is 6.32. The summed E-state index contributed by atoms with van der Waals surface area (Å²) in [7, 11) is 1.56. The third kappa shape index (κ3) is 4.49. The van der Waals surface area contributed by atoms with Crippen LogP contribution in [0.4, 0.5) is 5.69 Å². The second kappa shape index (κ2) is 9.84. The van der Waals surface area contributed by atoms with Crippen LogP contribution in [-0.2, 0) is 9.59 Å². The maximum atomic E-state index is 13.4. The summed E-state index contributed by atoms with van der Waals surface area (Å²) >= 11 is 6.41.